The van der Waals surface area contributed by atoms with Crippen LogP contribution in [0.5, 0.6) is 0 Å². The Morgan fingerprint density at radius 2 is 1.93 bits per heavy atom. The monoisotopic (exact) mass is 204 g/mol. The Morgan fingerprint density at radius 3 is 2.67 bits per heavy atom. The number of nitrogens with two attached hydrogens (primary N) is 1. The average molecular weight is 204 g/mol. The molecule has 0 aliphatic carbocycles. The lowest BCUT2D eigenvalue weighted by atomic mass is 10.2. The molecule has 2 aromatic rings. The van der Waals surface area contributed by atoms with Crippen molar-refractivity contribution in [2.75, 3.05) is 6.54 Å². The van der Waals surface area contributed by atoms with E-state index in [2.05, 4.69) is 0 Å². The third-order valence-corrected chi connectivity index (χ3v) is 2.35. The maximum atomic E-state index is 13.5. The van der Waals surface area contributed by atoms with Crippen LogP contribution in [-0.2, 0) is 6.42 Å². The lowest BCUT2D eigenvalue weighted by Gasteiger charge is -2.09. The largest absolute Gasteiger partial charge is 0.330 e. The van der Waals surface area contributed by atoms with Crippen molar-refractivity contribution in [1.82, 2.24) is 4.57 Å². The highest BCUT2D eigenvalue weighted by molar-refractivity contribution is 5.36. The van der Waals surface area contributed by atoms with E-state index in [0.717, 1.165) is 12.1 Å². The number of hydrogen-bond donors (Lipinski definition) is 1. The lowest BCUT2D eigenvalue weighted by Crippen LogP contribution is -2.08. The SMILES string of the molecule is NCCc1cccn1-c1ccccc1F. The fourth-order valence-corrected chi connectivity index (χ4v) is 1.65. The van der Waals surface area contributed by atoms with Gasteiger partial charge in [-0.3, -0.25) is 0 Å². The van der Waals surface area contributed by atoms with Crippen molar-refractivity contribution >= 4 is 0 Å². The van der Waals surface area contributed by atoms with Crippen molar-refractivity contribution < 1.29 is 4.39 Å². The van der Waals surface area contributed by atoms with E-state index in [-0.39, 0.29) is 5.82 Å². The second-order valence-corrected chi connectivity index (χ2v) is 3.36. The molecule has 0 unspecified atom stereocenters. The molecule has 3 heteroatoms. The summed E-state index contributed by atoms with van der Waals surface area (Å²) in [6.45, 7) is 0.568. The lowest BCUT2D eigenvalue weighted by molar-refractivity contribution is 0.616. The molecule has 0 aliphatic heterocycles. The number of benzene rings is 1. The quantitative estimate of drug-likeness (QED) is 0.815. The Hall–Kier alpha value is -1.61. The van der Waals surface area contributed by atoms with Crippen LogP contribution in [0.25, 0.3) is 5.69 Å². The van der Waals surface area contributed by atoms with Crippen LogP contribution in [-0.4, -0.2) is 11.1 Å². The van der Waals surface area contributed by atoms with Gasteiger partial charge in [-0.25, -0.2) is 4.39 Å². The Morgan fingerprint density at radius 1 is 1.13 bits per heavy atom. The zero-order valence-electron chi connectivity index (χ0n) is 8.36. The molecule has 1 aromatic heterocycles. The molecule has 2 N–H and O–H groups in total. The van der Waals surface area contributed by atoms with Gasteiger partial charge in [-0.1, -0.05) is 12.1 Å². The van der Waals surface area contributed by atoms with Crippen LogP contribution in [0, 0.1) is 5.82 Å². The maximum Gasteiger partial charge on any atom is 0.147 e. The summed E-state index contributed by atoms with van der Waals surface area (Å²) in [6.07, 6.45) is 2.60. The first-order valence-corrected chi connectivity index (χ1v) is 4.94. The first-order valence-electron chi connectivity index (χ1n) is 4.94. The summed E-state index contributed by atoms with van der Waals surface area (Å²) in [7, 11) is 0. The summed E-state index contributed by atoms with van der Waals surface area (Å²) in [5.74, 6) is -0.216. The van der Waals surface area contributed by atoms with Crippen LogP contribution >= 0.6 is 0 Å². The molecule has 15 heavy (non-hydrogen) atoms. The van der Waals surface area contributed by atoms with Gasteiger partial charge in [0, 0.05) is 18.3 Å². The predicted molar refractivity (Wildman–Crippen MR) is 58.5 cm³/mol. The molecule has 0 amide bonds. The molecule has 0 aliphatic rings. The van der Waals surface area contributed by atoms with E-state index in [0.29, 0.717) is 12.2 Å². The Bertz CT molecular complexity index is 448. The Balaban J connectivity index is 2.45. The Kier molecular flexibility index (Phi) is 2.83. The fourth-order valence-electron chi connectivity index (χ4n) is 1.65. The smallest absolute Gasteiger partial charge is 0.147 e. The zero-order chi connectivity index (χ0) is 10.7. The topological polar surface area (TPSA) is 30.9 Å². The summed E-state index contributed by atoms with van der Waals surface area (Å²) in [6, 6.07) is 10.6. The van der Waals surface area contributed by atoms with Crippen molar-refractivity contribution in [3.63, 3.8) is 0 Å². The van der Waals surface area contributed by atoms with E-state index >= 15 is 0 Å². The van der Waals surface area contributed by atoms with Crippen LogP contribution < -0.4 is 5.73 Å². The molecular weight excluding hydrogens is 191 g/mol. The summed E-state index contributed by atoms with van der Waals surface area (Å²) < 4.78 is 15.4. The van der Waals surface area contributed by atoms with E-state index in [9.17, 15) is 4.39 Å². The highest BCUT2D eigenvalue weighted by atomic mass is 19.1. The van der Waals surface area contributed by atoms with Gasteiger partial charge in [-0.05, 0) is 30.8 Å². The average Bonchev–Trinajstić information content (AvgIpc) is 2.67. The summed E-state index contributed by atoms with van der Waals surface area (Å²) in [5.41, 5.74) is 7.10. The highest BCUT2D eigenvalue weighted by Gasteiger charge is 2.06. The molecule has 78 valence electrons. The summed E-state index contributed by atoms with van der Waals surface area (Å²) >= 11 is 0. The van der Waals surface area contributed by atoms with Crippen molar-refractivity contribution in [3.8, 4) is 5.69 Å². The van der Waals surface area contributed by atoms with E-state index in [4.69, 9.17) is 5.73 Å². The zero-order valence-corrected chi connectivity index (χ0v) is 8.36. The van der Waals surface area contributed by atoms with Crippen LogP contribution in [0.4, 0.5) is 4.39 Å². The van der Waals surface area contributed by atoms with Gasteiger partial charge in [0.05, 0.1) is 5.69 Å². The van der Waals surface area contributed by atoms with Crippen LogP contribution in [0.1, 0.15) is 5.69 Å². The third kappa shape index (κ3) is 1.92. The van der Waals surface area contributed by atoms with E-state index in [1.807, 2.05) is 29.0 Å². The minimum Gasteiger partial charge on any atom is -0.330 e. The number of hydrogen-bond acceptors (Lipinski definition) is 1. The number of rotatable bonds is 3. The molecular formula is C12H13FN2. The van der Waals surface area contributed by atoms with Crippen molar-refractivity contribution in [2.24, 2.45) is 5.73 Å². The summed E-state index contributed by atoms with van der Waals surface area (Å²) in [4.78, 5) is 0. The third-order valence-electron chi connectivity index (χ3n) is 2.35. The Labute approximate surface area is 88.1 Å². The van der Waals surface area contributed by atoms with Gasteiger partial charge < -0.3 is 10.3 Å². The van der Waals surface area contributed by atoms with Gasteiger partial charge in [0.2, 0.25) is 0 Å². The van der Waals surface area contributed by atoms with E-state index in [1.165, 1.54) is 6.07 Å². The number of para-hydroxylation sites is 1. The molecule has 1 heterocycles. The molecule has 1 aromatic carbocycles. The molecule has 0 bridgehead atoms. The number of halogens is 1. The van der Waals surface area contributed by atoms with Gasteiger partial charge in [0.1, 0.15) is 5.82 Å². The molecule has 0 spiro atoms. The number of nitrogens with zero attached hydrogens (tertiary/aromatic N) is 1. The second kappa shape index (κ2) is 4.28. The van der Waals surface area contributed by atoms with Gasteiger partial charge in [0.15, 0.2) is 0 Å². The van der Waals surface area contributed by atoms with Crippen molar-refractivity contribution in [2.45, 2.75) is 6.42 Å². The standard InChI is InChI=1S/C12H13FN2/c13-11-5-1-2-6-12(11)15-9-3-4-10(15)7-8-14/h1-6,9H,7-8,14H2. The van der Waals surface area contributed by atoms with Crippen molar-refractivity contribution in [1.29, 1.82) is 0 Å². The molecule has 2 nitrogen and oxygen atoms in total. The first kappa shape index (κ1) is 9.93. The molecule has 0 atom stereocenters. The predicted octanol–water partition coefficient (Wildman–Crippen LogP) is 2.12. The summed E-state index contributed by atoms with van der Waals surface area (Å²) in [5, 5.41) is 0. The molecule has 0 saturated heterocycles. The molecule has 2 rings (SSSR count). The van der Waals surface area contributed by atoms with Gasteiger partial charge in [-0.2, -0.15) is 0 Å². The fraction of sp³-hybridized carbons (Fsp3) is 0.167. The second-order valence-electron chi connectivity index (χ2n) is 3.36. The molecule has 0 fully saturated rings. The van der Waals surface area contributed by atoms with Crippen LogP contribution in [0.2, 0.25) is 0 Å². The normalized spacial score (nSPS) is 10.5. The van der Waals surface area contributed by atoms with Gasteiger partial charge in [-0.15, -0.1) is 0 Å². The maximum absolute atomic E-state index is 13.5. The highest BCUT2D eigenvalue weighted by Crippen LogP contribution is 2.16. The van der Waals surface area contributed by atoms with Crippen molar-refractivity contribution in [3.05, 3.63) is 54.1 Å². The van der Waals surface area contributed by atoms with Crippen LogP contribution in [0.3, 0.4) is 0 Å². The minimum absolute atomic E-state index is 0.216. The molecule has 0 radical (unpaired) electrons. The van der Waals surface area contributed by atoms with E-state index < -0.39 is 0 Å². The first-order chi connectivity index (χ1) is 7.33. The minimum atomic E-state index is -0.216. The van der Waals surface area contributed by atoms with E-state index in [1.54, 1.807) is 12.1 Å². The van der Waals surface area contributed by atoms with Crippen LogP contribution in [0.15, 0.2) is 42.6 Å². The molecule has 0 saturated carbocycles. The van der Waals surface area contributed by atoms with Gasteiger partial charge >= 0.3 is 0 Å². The number of aromatic nitrogens is 1. The van der Waals surface area contributed by atoms with Gasteiger partial charge in [0.25, 0.3) is 0 Å².